The molecule has 0 aromatic heterocycles. The highest BCUT2D eigenvalue weighted by Crippen LogP contribution is 2.47. The van der Waals surface area contributed by atoms with E-state index in [1.807, 2.05) is 30.3 Å². The lowest BCUT2D eigenvalue weighted by atomic mass is 9.63. The Kier molecular flexibility index (Phi) is 7.33. The van der Waals surface area contributed by atoms with Crippen LogP contribution in [0.15, 0.2) is 48.5 Å². The summed E-state index contributed by atoms with van der Waals surface area (Å²) >= 11 is 0. The van der Waals surface area contributed by atoms with Crippen LogP contribution in [-0.2, 0) is 25.9 Å². The summed E-state index contributed by atoms with van der Waals surface area (Å²) in [4.78, 5) is 27.3. The molecule has 0 N–H and O–H groups in total. The van der Waals surface area contributed by atoms with E-state index >= 15 is 0 Å². The second-order valence-corrected chi connectivity index (χ2v) is 10.5. The van der Waals surface area contributed by atoms with Crippen LogP contribution in [0.25, 0.3) is 0 Å². The first-order valence-corrected chi connectivity index (χ1v) is 12.6. The summed E-state index contributed by atoms with van der Waals surface area (Å²) < 4.78 is 46.4. The average molecular weight is 502 g/mol. The van der Waals surface area contributed by atoms with Crippen LogP contribution in [-0.4, -0.2) is 35.3 Å². The summed E-state index contributed by atoms with van der Waals surface area (Å²) in [5.74, 6) is 0.0651. The molecule has 1 amide bonds. The SMILES string of the molecule is CC(=O)C1(N2CCCC2=O)CCC(CO[C@H](C)c2cc(C)cc(C(F)(F)F)c2)(c2ccccc2)CC1. The van der Waals surface area contributed by atoms with Gasteiger partial charge in [0.25, 0.3) is 0 Å². The number of carbonyl (C=O) groups is 2. The molecule has 1 atom stereocenters. The normalized spacial score (nSPS) is 25.7. The van der Waals surface area contributed by atoms with E-state index in [4.69, 9.17) is 4.74 Å². The number of ether oxygens (including phenoxy) is 1. The van der Waals surface area contributed by atoms with Gasteiger partial charge in [0, 0.05) is 18.4 Å². The van der Waals surface area contributed by atoms with E-state index in [2.05, 4.69) is 0 Å². The van der Waals surface area contributed by atoms with E-state index in [1.165, 1.54) is 0 Å². The van der Waals surface area contributed by atoms with Crippen LogP contribution < -0.4 is 0 Å². The molecule has 2 aliphatic rings. The zero-order valence-electron chi connectivity index (χ0n) is 21.2. The lowest BCUT2D eigenvalue weighted by Gasteiger charge is -2.49. The highest BCUT2D eigenvalue weighted by molar-refractivity contribution is 5.92. The summed E-state index contributed by atoms with van der Waals surface area (Å²) in [5, 5.41) is 0. The quantitative estimate of drug-likeness (QED) is 0.432. The molecule has 1 saturated heterocycles. The van der Waals surface area contributed by atoms with Crippen molar-refractivity contribution in [2.75, 3.05) is 13.2 Å². The van der Waals surface area contributed by atoms with Gasteiger partial charge in [-0.05, 0) is 76.1 Å². The third-order valence-corrected chi connectivity index (χ3v) is 8.17. The third kappa shape index (κ3) is 5.08. The third-order valence-electron chi connectivity index (χ3n) is 8.17. The minimum atomic E-state index is -4.42. The molecule has 0 bridgehead atoms. The predicted octanol–water partition coefficient (Wildman–Crippen LogP) is 6.55. The number of Topliss-reactive ketones (excluding diaryl/α,β-unsaturated/α-hetero) is 1. The molecule has 2 aromatic rings. The number of aryl methyl sites for hydroxylation is 1. The Morgan fingerprint density at radius 1 is 1.08 bits per heavy atom. The molecule has 194 valence electrons. The number of carbonyl (C=O) groups excluding carboxylic acids is 2. The molecule has 4 nitrogen and oxygen atoms in total. The van der Waals surface area contributed by atoms with Gasteiger partial charge < -0.3 is 9.64 Å². The molecule has 0 radical (unpaired) electrons. The highest BCUT2D eigenvalue weighted by Gasteiger charge is 2.51. The number of hydrogen-bond acceptors (Lipinski definition) is 3. The Bertz CT molecular complexity index is 1100. The number of benzene rings is 2. The predicted molar refractivity (Wildman–Crippen MR) is 131 cm³/mol. The number of nitrogens with zero attached hydrogens (tertiary/aromatic N) is 1. The standard InChI is InChI=1S/C29H34F3NO3/c1-20-16-23(18-25(17-20)29(30,31)32)21(2)36-19-27(24-8-5-4-6-9-24)11-13-28(14-12-27,22(3)34)33-15-7-10-26(33)35/h4-6,8-9,16-18,21H,7,10-15,19H2,1-3H3/t21-,27?,28?/m1/s1. The fourth-order valence-corrected chi connectivity index (χ4v) is 5.95. The summed E-state index contributed by atoms with van der Waals surface area (Å²) in [7, 11) is 0. The Balaban J connectivity index is 1.58. The van der Waals surface area contributed by atoms with Crippen molar-refractivity contribution in [3.63, 3.8) is 0 Å². The second-order valence-electron chi connectivity index (χ2n) is 10.5. The molecule has 4 rings (SSSR count). The van der Waals surface area contributed by atoms with Crippen molar-refractivity contribution in [3.8, 4) is 0 Å². The van der Waals surface area contributed by atoms with Crippen molar-refractivity contribution in [2.45, 2.75) is 82.5 Å². The number of alkyl halides is 3. The lowest BCUT2D eigenvalue weighted by Crippen LogP contribution is -2.58. The van der Waals surface area contributed by atoms with Crippen molar-refractivity contribution >= 4 is 11.7 Å². The molecular weight excluding hydrogens is 467 g/mol. The summed E-state index contributed by atoms with van der Waals surface area (Å²) in [5.41, 5.74) is 0.255. The van der Waals surface area contributed by atoms with Crippen molar-refractivity contribution in [1.29, 1.82) is 0 Å². The Morgan fingerprint density at radius 3 is 2.31 bits per heavy atom. The van der Waals surface area contributed by atoms with E-state index in [0.29, 0.717) is 56.4 Å². The van der Waals surface area contributed by atoms with Crippen LogP contribution in [0.3, 0.4) is 0 Å². The highest BCUT2D eigenvalue weighted by atomic mass is 19.4. The smallest absolute Gasteiger partial charge is 0.373 e. The molecule has 2 fully saturated rings. The summed E-state index contributed by atoms with van der Waals surface area (Å²) in [6, 6.07) is 14.0. The van der Waals surface area contributed by atoms with Crippen LogP contribution in [0.2, 0.25) is 0 Å². The maximum atomic E-state index is 13.4. The van der Waals surface area contributed by atoms with Gasteiger partial charge in [-0.3, -0.25) is 9.59 Å². The van der Waals surface area contributed by atoms with E-state index in [-0.39, 0.29) is 11.7 Å². The van der Waals surface area contributed by atoms with Gasteiger partial charge >= 0.3 is 6.18 Å². The largest absolute Gasteiger partial charge is 0.416 e. The fraction of sp³-hybridized carbons (Fsp3) is 0.517. The number of amides is 1. The van der Waals surface area contributed by atoms with E-state index in [1.54, 1.807) is 31.7 Å². The molecule has 2 aromatic carbocycles. The molecule has 1 heterocycles. The Hall–Kier alpha value is -2.67. The van der Waals surface area contributed by atoms with Crippen molar-refractivity contribution in [2.24, 2.45) is 0 Å². The van der Waals surface area contributed by atoms with E-state index in [9.17, 15) is 22.8 Å². The maximum Gasteiger partial charge on any atom is 0.416 e. The van der Waals surface area contributed by atoms with E-state index in [0.717, 1.165) is 24.1 Å². The topological polar surface area (TPSA) is 46.6 Å². The van der Waals surface area contributed by atoms with Crippen LogP contribution in [0.5, 0.6) is 0 Å². The average Bonchev–Trinajstić information content (AvgIpc) is 3.28. The first kappa shape index (κ1) is 26.4. The number of likely N-dealkylation sites (tertiary alicyclic amines) is 1. The van der Waals surface area contributed by atoms with Gasteiger partial charge in [-0.25, -0.2) is 0 Å². The zero-order chi connectivity index (χ0) is 26.1. The Morgan fingerprint density at radius 2 is 1.75 bits per heavy atom. The molecule has 0 unspecified atom stereocenters. The summed E-state index contributed by atoms with van der Waals surface area (Å²) in [6.07, 6.45) is -1.31. The molecule has 1 aliphatic carbocycles. The van der Waals surface area contributed by atoms with Gasteiger partial charge in [-0.15, -0.1) is 0 Å². The maximum absolute atomic E-state index is 13.4. The van der Waals surface area contributed by atoms with Crippen molar-refractivity contribution in [1.82, 2.24) is 4.90 Å². The molecule has 7 heteroatoms. The van der Waals surface area contributed by atoms with Crippen LogP contribution >= 0.6 is 0 Å². The van der Waals surface area contributed by atoms with Gasteiger partial charge in [0.15, 0.2) is 5.78 Å². The van der Waals surface area contributed by atoms with Gasteiger partial charge in [0.1, 0.15) is 5.54 Å². The molecule has 36 heavy (non-hydrogen) atoms. The van der Waals surface area contributed by atoms with Crippen molar-refractivity contribution in [3.05, 3.63) is 70.8 Å². The van der Waals surface area contributed by atoms with Crippen LogP contribution in [0, 0.1) is 6.92 Å². The van der Waals surface area contributed by atoms with Gasteiger partial charge in [0.2, 0.25) is 5.91 Å². The molecule has 1 aliphatic heterocycles. The minimum absolute atomic E-state index is 0.0214. The zero-order valence-corrected chi connectivity index (χ0v) is 21.2. The molecule has 0 spiro atoms. The first-order valence-electron chi connectivity index (χ1n) is 12.6. The Labute approximate surface area is 210 Å². The number of halogens is 3. The molecule has 1 saturated carbocycles. The van der Waals surface area contributed by atoms with Gasteiger partial charge in [0.05, 0.1) is 18.3 Å². The number of hydrogen-bond donors (Lipinski definition) is 0. The second kappa shape index (κ2) is 10.0. The van der Waals surface area contributed by atoms with Crippen LogP contribution in [0.4, 0.5) is 13.2 Å². The first-order chi connectivity index (χ1) is 17.0. The number of ketones is 1. The lowest BCUT2D eigenvalue weighted by molar-refractivity contribution is -0.146. The van der Waals surface area contributed by atoms with Crippen LogP contribution in [0.1, 0.15) is 80.7 Å². The minimum Gasteiger partial charge on any atom is -0.373 e. The monoisotopic (exact) mass is 501 g/mol. The number of rotatable bonds is 7. The molecular formula is C29H34F3NO3. The summed E-state index contributed by atoms with van der Waals surface area (Å²) in [6.45, 7) is 5.93. The van der Waals surface area contributed by atoms with Gasteiger partial charge in [-0.2, -0.15) is 13.2 Å². The fourth-order valence-electron chi connectivity index (χ4n) is 5.95. The van der Waals surface area contributed by atoms with E-state index < -0.39 is 28.8 Å². The van der Waals surface area contributed by atoms with Crippen molar-refractivity contribution < 1.29 is 27.5 Å². The van der Waals surface area contributed by atoms with Gasteiger partial charge in [-0.1, -0.05) is 42.0 Å².